The molecule has 1 heterocycles. The van der Waals surface area contributed by atoms with Gasteiger partial charge in [-0.05, 0) is 12.0 Å². The molecule has 0 aliphatic heterocycles. The molecule has 0 spiro atoms. The van der Waals surface area contributed by atoms with Crippen molar-refractivity contribution in [3.05, 3.63) is 47.9 Å². The standard InChI is InChI=1S/C13H16N2O2/c1-15(13-14-12(9-16)10-17-13)8-7-11-5-3-2-4-6-11/h2-6,10,16H,7-9H2,1H3. The lowest BCUT2D eigenvalue weighted by Crippen LogP contribution is -2.20. The maximum absolute atomic E-state index is 8.90. The summed E-state index contributed by atoms with van der Waals surface area (Å²) < 4.78 is 5.26. The van der Waals surface area contributed by atoms with Crippen molar-refractivity contribution >= 4 is 6.01 Å². The first kappa shape index (κ1) is 11.7. The van der Waals surface area contributed by atoms with E-state index in [0.29, 0.717) is 11.7 Å². The predicted octanol–water partition coefficient (Wildman–Crippen LogP) is 1.85. The van der Waals surface area contributed by atoms with Crippen LogP contribution in [0.4, 0.5) is 6.01 Å². The lowest BCUT2D eigenvalue weighted by molar-refractivity contribution is 0.276. The Morgan fingerprint density at radius 3 is 2.71 bits per heavy atom. The van der Waals surface area contributed by atoms with E-state index in [0.717, 1.165) is 13.0 Å². The number of aliphatic hydroxyl groups excluding tert-OH is 1. The molecule has 1 N–H and O–H groups in total. The van der Waals surface area contributed by atoms with Crippen LogP contribution in [0, 0.1) is 0 Å². The number of hydrogen-bond acceptors (Lipinski definition) is 4. The van der Waals surface area contributed by atoms with Gasteiger partial charge in [-0.15, -0.1) is 0 Å². The Kier molecular flexibility index (Phi) is 3.77. The minimum Gasteiger partial charge on any atom is -0.432 e. The monoisotopic (exact) mass is 232 g/mol. The Balaban J connectivity index is 1.91. The topological polar surface area (TPSA) is 49.5 Å². The average molecular weight is 232 g/mol. The molecule has 1 aromatic heterocycles. The Bertz CT molecular complexity index is 453. The Morgan fingerprint density at radius 1 is 1.29 bits per heavy atom. The van der Waals surface area contributed by atoms with Gasteiger partial charge in [-0.1, -0.05) is 30.3 Å². The van der Waals surface area contributed by atoms with Crippen molar-refractivity contribution in [3.63, 3.8) is 0 Å². The van der Waals surface area contributed by atoms with Gasteiger partial charge < -0.3 is 14.4 Å². The lowest BCUT2D eigenvalue weighted by Gasteiger charge is -2.13. The summed E-state index contributed by atoms with van der Waals surface area (Å²) in [6.07, 6.45) is 2.42. The molecule has 0 saturated heterocycles. The van der Waals surface area contributed by atoms with Crippen molar-refractivity contribution < 1.29 is 9.52 Å². The maximum Gasteiger partial charge on any atom is 0.297 e. The van der Waals surface area contributed by atoms with E-state index in [-0.39, 0.29) is 6.61 Å². The fourth-order valence-corrected chi connectivity index (χ4v) is 1.58. The average Bonchev–Trinajstić information content (AvgIpc) is 2.86. The Morgan fingerprint density at radius 2 is 2.06 bits per heavy atom. The molecule has 0 unspecified atom stereocenters. The van der Waals surface area contributed by atoms with E-state index in [1.165, 1.54) is 11.8 Å². The van der Waals surface area contributed by atoms with Crippen LogP contribution in [0.1, 0.15) is 11.3 Å². The normalized spacial score (nSPS) is 10.5. The largest absolute Gasteiger partial charge is 0.432 e. The molecule has 1 aromatic carbocycles. The molecule has 0 fully saturated rings. The second kappa shape index (κ2) is 5.50. The second-order valence-corrected chi connectivity index (χ2v) is 3.94. The molecule has 0 atom stereocenters. The molecule has 0 aliphatic carbocycles. The van der Waals surface area contributed by atoms with Crippen LogP contribution in [0.25, 0.3) is 0 Å². The number of rotatable bonds is 5. The van der Waals surface area contributed by atoms with Gasteiger partial charge in [0.2, 0.25) is 0 Å². The number of nitrogens with zero attached hydrogens (tertiary/aromatic N) is 2. The number of aliphatic hydroxyl groups is 1. The third kappa shape index (κ3) is 3.07. The zero-order valence-electron chi connectivity index (χ0n) is 9.84. The molecule has 0 aliphatic rings. The van der Waals surface area contributed by atoms with Gasteiger partial charge in [0.15, 0.2) is 0 Å². The van der Waals surface area contributed by atoms with Gasteiger partial charge >= 0.3 is 0 Å². The summed E-state index contributed by atoms with van der Waals surface area (Å²) in [4.78, 5) is 6.09. The van der Waals surface area contributed by atoms with Gasteiger partial charge in [0.05, 0.1) is 6.61 Å². The molecular formula is C13H16N2O2. The molecule has 2 rings (SSSR count). The molecule has 0 saturated carbocycles. The lowest BCUT2D eigenvalue weighted by atomic mass is 10.1. The zero-order valence-corrected chi connectivity index (χ0v) is 9.84. The van der Waals surface area contributed by atoms with Gasteiger partial charge in [0.1, 0.15) is 12.0 Å². The van der Waals surface area contributed by atoms with Crippen LogP contribution in [-0.2, 0) is 13.0 Å². The highest BCUT2D eigenvalue weighted by Crippen LogP contribution is 2.12. The van der Waals surface area contributed by atoms with Crippen LogP contribution in [-0.4, -0.2) is 23.7 Å². The second-order valence-electron chi connectivity index (χ2n) is 3.94. The van der Waals surface area contributed by atoms with Gasteiger partial charge in [-0.3, -0.25) is 0 Å². The molecule has 0 amide bonds. The van der Waals surface area contributed by atoms with Crippen molar-refractivity contribution in [1.82, 2.24) is 4.98 Å². The number of oxazole rings is 1. The van der Waals surface area contributed by atoms with Crippen LogP contribution < -0.4 is 4.90 Å². The predicted molar refractivity (Wildman–Crippen MR) is 65.8 cm³/mol. The molecule has 90 valence electrons. The first-order chi connectivity index (χ1) is 8.29. The molecule has 4 nitrogen and oxygen atoms in total. The molecular weight excluding hydrogens is 216 g/mol. The number of anilines is 1. The van der Waals surface area contributed by atoms with E-state index in [1.54, 1.807) is 0 Å². The number of likely N-dealkylation sites (N-methyl/N-ethyl adjacent to an activating group) is 1. The van der Waals surface area contributed by atoms with Crippen LogP contribution in [0.2, 0.25) is 0 Å². The van der Waals surface area contributed by atoms with Crippen molar-refractivity contribution in [2.45, 2.75) is 13.0 Å². The minimum atomic E-state index is -0.0873. The SMILES string of the molecule is CN(CCc1ccccc1)c1nc(CO)co1. The van der Waals surface area contributed by atoms with E-state index < -0.39 is 0 Å². The first-order valence-electron chi connectivity index (χ1n) is 5.60. The summed E-state index contributed by atoms with van der Waals surface area (Å²) in [5.41, 5.74) is 1.85. The van der Waals surface area contributed by atoms with Gasteiger partial charge in [-0.25, -0.2) is 0 Å². The molecule has 17 heavy (non-hydrogen) atoms. The van der Waals surface area contributed by atoms with Crippen molar-refractivity contribution in [3.8, 4) is 0 Å². The van der Waals surface area contributed by atoms with Crippen molar-refractivity contribution in [1.29, 1.82) is 0 Å². The van der Waals surface area contributed by atoms with E-state index in [1.807, 2.05) is 30.1 Å². The summed E-state index contributed by atoms with van der Waals surface area (Å²) in [6, 6.07) is 10.8. The van der Waals surface area contributed by atoms with E-state index in [9.17, 15) is 0 Å². The van der Waals surface area contributed by atoms with Crippen LogP contribution in [0.5, 0.6) is 0 Å². The smallest absolute Gasteiger partial charge is 0.297 e. The summed E-state index contributed by atoms with van der Waals surface area (Å²) in [5.74, 6) is 0. The van der Waals surface area contributed by atoms with Gasteiger partial charge in [-0.2, -0.15) is 4.98 Å². The summed E-state index contributed by atoms with van der Waals surface area (Å²) in [7, 11) is 1.93. The third-order valence-corrected chi connectivity index (χ3v) is 2.61. The van der Waals surface area contributed by atoms with E-state index >= 15 is 0 Å². The third-order valence-electron chi connectivity index (χ3n) is 2.61. The zero-order chi connectivity index (χ0) is 12.1. The fraction of sp³-hybridized carbons (Fsp3) is 0.308. The first-order valence-corrected chi connectivity index (χ1v) is 5.60. The van der Waals surface area contributed by atoms with Crippen LogP contribution >= 0.6 is 0 Å². The molecule has 2 aromatic rings. The van der Waals surface area contributed by atoms with E-state index in [4.69, 9.17) is 9.52 Å². The van der Waals surface area contributed by atoms with Crippen molar-refractivity contribution in [2.75, 3.05) is 18.5 Å². The van der Waals surface area contributed by atoms with Gasteiger partial charge in [0.25, 0.3) is 6.01 Å². The fourth-order valence-electron chi connectivity index (χ4n) is 1.58. The maximum atomic E-state index is 8.90. The summed E-state index contributed by atoms with van der Waals surface area (Å²) in [5, 5.41) is 8.90. The van der Waals surface area contributed by atoms with Gasteiger partial charge in [0, 0.05) is 13.6 Å². The number of aromatic nitrogens is 1. The van der Waals surface area contributed by atoms with E-state index in [2.05, 4.69) is 17.1 Å². The highest BCUT2D eigenvalue weighted by Gasteiger charge is 2.08. The molecule has 4 heteroatoms. The highest BCUT2D eigenvalue weighted by molar-refractivity contribution is 5.26. The minimum absolute atomic E-state index is 0.0873. The van der Waals surface area contributed by atoms with Crippen LogP contribution in [0.15, 0.2) is 41.0 Å². The number of benzene rings is 1. The Labute approximate surface area is 101 Å². The molecule has 0 radical (unpaired) electrons. The van der Waals surface area contributed by atoms with Crippen molar-refractivity contribution in [2.24, 2.45) is 0 Å². The van der Waals surface area contributed by atoms with Crippen LogP contribution in [0.3, 0.4) is 0 Å². The highest BCUT2D eigenvalue weighted by atomic mass is 16.4. The number of hydrogen-bond donors (Lipinski definition) is 1. The quantitative estimate of drug-likeness (QED) is 0.854. The summed E-state index contributed by atoms with van der Waals surface area (Å²) >= 11 is 0. The Hall–Kier alpha value is -1.81. The summed E-state index contributed by atoms with van der Waals surface area (Å²) in [6.45, 7) is 0.741. The molecule has 0 bridgehead atoms.